The van der Waals surface area contributed by atoms with E-state index in [2.05, 4.69) is 33.8 Å². The second kappa shape index (κ2) is 11.7. The molecular weight excluding hydrogens is 520 g/mol. The standard InChI is InChI=1S/C32H42N4O5/c1-41-24-9-16-35(17-10-24)27-4-2-3-26-25(27)11-18-36(30(38)22-19-32(20-22)12-14-33-15-13-32)28(26)29(37)34-23-7-5-21(6-8-23)31(39)40/h2-8,22,24-25,27-28,33H,9-20H2,1H3,(H,34,37)(H,39,40). The van der Waals surface area contributed by atoms with Gasteiger partial charge in [-0.05, 0) is 93.3 Å². The number of carbonyl (C=O) groups excluding carboxylic acids is 2. The summed E-state index contributed by atoms with van der Waals surface area (Å²) < 4.78 is 5.59. The van der Waals surface area contributed by atoms with Crippen LogP contribution in [0.25, 0.3) is 0 Å². The number of hydrogen-bond acceptors (Lipinski definition) is 6. The number of fused-ring (bicyclic) bond motifs is 1. The molecule has 5 aliphatic rings. The number of allylic oxidation sites excluding steroid dienone is 2. The van der Waals surface area contributed by atoms with Crippen LogP contribution < -0.4 is 10.6 Å². The molecule has 0 aromatic heterocycles. The van der Waals surface area contributed by atoms with Gasteiger partial charge in [0.05, 0.1) is 11.7 Å². The maximum atomic E-state index is 14.0. The molecule has 220 valence electrons. The molecule has 9 nitrogen and oxygen atoms in total. The molecule has 0 bridgehead atoms. The lowest BCUT2D eigenvalue weighted by molar-refractivity contribution is -0.150. The Morgan fingerprint density at radius 3 is 2.39 bits per heavy atom. The fourth-order valence-electron chi connectivity index (χ4n) is 7.94. The number of methoxy groups -OCH3 is 1. The number of rotatable bonds is 6. The molecule has 1 aromatic rings. The van der Waals surface area contributed by atoms with Crippen molar-refractivity contribution in [2.45, 2.75) is 63.1 Å². The van der Waals surface area contributed by atoms with Crippen molar-refractivity contribution in [3.05, 3.63) is 53.6 Å². The summed E-state index contributed by atoms with van der Waals surface area (Å²) in [5.74, 6) is -1.02. The highest BCUT2D eigenvalue weighted by atomic mass is 16.5. The van der Waals surface area contributed by atoms with Crippen molar-refractivity contribution >= 4 is 23.5 Å². The molecule has 2 amide bonds. The van der Waals surface area contributed by atoms with Crippen molar-refractivity contribution in [3.63, 3.8) is 0 Å². The number of likely N-dealkylation sites (tertiary alicyclic amines) is 2. The molecule has 3 aliphatic heterocycles. The number of ether oxygens (including phenoxy) is 1. The van der Waals surface area contributed by atoms with Crippen LogP contribution in [0.5, 0.6) is 0 Å². The minimum absolute atomic E-state index is 0.0293. The van der Waals surface area contributed by atoms with Gasteiger partial charge in [-0.25, -0.2) is 4.79 Å². The summed E-state index contributed by atoms with van der Waals surface area (Å²) in [6.45, 7) is 4.48. The monoisotopic (exact) mass is 562 g/mol. The van der Waals surface area contributed by atoms with Crippen LogP contribution in [0.3, 0.4) is 0 Å². The van der Waals surface area contributed by atoms with Gasteiger partial charge in [0.1, 0.15) is 6.04 Å². The van der Waals surface area contributed by atoms with E-state index in [9.17, 15) is 19.5 Å². The number of carboxylic acids is 1. The van der Waals surface area contributed by atoms with Crippen LogP contribution in [0.15, 0.2) is 48.1 Å². The fraction of sp³-hybridized carbons (Fsp3) is 0.594. The molecule has 3 N–H and O–H groups in total. The first-order valence-electron chi connectivity index (χ1n) is 15.2. The van der Waals surface area contributed by atoms with Gasteiger partial charge in [0, 0.05) is 50.3 Å². The fourth-order valence-corrected chi connectivity index (χ4v) is 7.94. The number of carbonyl (C=O) groups is 3. The van der Waals surface area contributed by atoms with Crippen molar-refractivity contribution < 1.29 is 24.2 Å². The van der Waals surface area contributed by atoms with Crippen molar-refractivity contribution in [2.24, 2.45) is 17.3 Å². The number of piperidine rings is 3. The smallest absolute Gasteiger partial charge is 0.335 e. The lowest BCUT2D eigenvalue weighted by Gasteiger charge is -2.53. The lowest BCUT2D eigenvalue weighted by atomic mass is 9.57. The summed E-state index contributed by atoms with van der Waals surface area (Å²) in [4.78, 5) is 43.7. The Labute approximate surface area is 242 Å². The molecule has 2 aliphatic carbocycles. The lowest BCUT2D eigenvalue weighted by Crippen LogP contribution is -2.60. The Kier molecular flexibility index (Phi) is 8.03. The predicted octanol–water partition coefficient (Wildman–Crippen LogP) is 3.30. The SMILES string of the molecule is COC1CCN(C2C=CC=C3C2CCN(C(=O)C2CC4(CCNCC4)C2)C3C(=O)Nc2ccc(C(=O)O)cc2)CC1. The molecule has 3 heterocycles. The molecule has 3 unspecified atom stereocenters. The van der Waals surface area contributed by atoms with Gasteiger partial charge in [-0.15, -0.1) is 0 Å². The number of aromatic carboxylic acids is 1. The minimum atomic E-state index is -1.01. The summed E-state index contributed by atoms with van der Waals surface area (Å²) >= 11 is 0. The van der Waals surface area contributed by atoms with Gasteiger partial charge in [-0.3, -0.25) is 14.5 Å². The highest BCUT2D eigenvalue weighted by molar-refractivity contribution is 6.00. The first kappa shape index (κ1) is 28.1. The minimum Gasteiger partial charge on any atom is -0.478 e. The van der Waals surface area contributed by atoms with Gasteiger partial charge in [-0.1, -0.05) is 18.2 Å². The van der Waals surface area contributed by atoms with Crippen LogP contribution in [0.1, 0.15) is 55.3 Å². The molecule has 6 rings (SSSR count). The third kappa shape index (κ3) is 5.59. The van der Waals surface area contributed by atoms with Gasteiger partial charge < -0.3 is 25.4 Å². The van der Waals surface area contributed by atoms with Crippen LogP contribution in [0.4, 0.5) is 5.69 Å². The molecule has 4 fully saturated rings. The van der Waals surface area contributed by atoms with Crippen molar-refractivity contribution in [1.82, 2.24) is 15.1 Å². The highest BCUT2D eigenvalue weighted by Gasteiger charge is 2.52. The topological polar surface area (TPSA) is 111 Å². The summed E-state index contributed by atoms with van der Waals surface area (Å²) in [6, 6.07) is 5.70. The second-order valence-corrected chi connectivity index (χ2v) is 12.6. The van der Waals surface area contributed by atoms with Crippen LogP contribution >= 0.6 is 0 Å². The largest absolute Gasteiger partial charge is 0.478 e. The third-order valence-electron chi connectivity index (χ3n) is 10.3. The second-order valence-electron chi connectivity index (χ2n) is 12.6. The number of nitrogens with zero attached hydrogens (tertiary/aromatic N) is 2. The zero-order valence-corrected chi connectivity index (χ0v) is 23.9. The molecular formula is C32H42N4O5. The Bertz CT molecular complexity index is 1200. The third-order valence-corrected chi connectivity index (χ3v) is 10.3. The van der Waals surface area contributed by atoms with Crippen molar-refractivity contribution in [1.29, 1.82) is 0 Å². The summed E-state index contributed by atoms with van der Waals surface area (Å²) in [6.07, 6.45) is 13.5. The first-order chi connectivity index (χ1) is 19.9. The van der Waals surface area contributed by atoms with E-state index in [0.717, 1.165) is 76.7 Å². The first-order valence-corrected chi connectivity index (χ1v) is 15.2. The highest BCUT2D eigenvalue weighted by Crippen LogP contribution is 2.52. The summed E-state index contributed by atoms with van der Waals surface area (Å²) in [5, 5.41) is 15.7. The number of carboxylic acid groups (broad SMARTS) is 1. The van der Waals surface area contributed by atoms with Gasteiger partial charge in [0.2, 0.25) is 5.91 Å². The molecule has 9 heteroatoms. The molecule has 3 atom stereocenters. The molecule has 1 aromatic carbocycles. The number of anilines is 1. The number of hydrogen-bond donors (Lipinski definition) is 3. The van der Waals surface area contributed by atoms with E-state index in [-0.39, 0.29) is 40.7 Å². The van der Waals surface area contributed by atoms with E-state index in [1.807, 2.05) is 4.90 Å². The molecule has 3 saturated heterocycles. The molecule has 41 heavy (non-hydrogen) atoms. The average Bonchev–Trinajstić information content (AvgIpc) is 2.99. The van der Waals surface area contributed by atoms with E-state index in [1.165, 1.54) is 12.1 Å². The van der Waals surface area contributed by atoms with Crippen LogP contribution in [0.2, 0.25) is 0 Å². The molecule has 0 radical (unpaired) electrons. The predicted molar refractivity (Wildman–Crippen MR) is 156 cm³/mol. The quantitative estimate of drug-likeness (QED) is 0.488. The maximum absolute atomic E-state index is 14.0. The number of amides is 2. The van der Waals surface area contributed by atoms with E-state index in [4.69, 9.17) is 4.74 Å². The Morgan fingerprint density at radius 1 is 1.02 bits per heavy atom. The Balaban J connectivity index is 1.23. The number of benzene rings is 1. The van der Waals surface area contributed by atoms with Crippen molar-refractivity contribution in [3.8, 4) is 0 Å². The van der Waals surface area contributed by atoms with Gasteiger partial charge in [-0.2, -0.15) is 0 Å². The summed E-state index contributed by atoms with van der Waals surface area (Å²) in [5.41, 5.74) is 1.97. The van der Waals surface area contributed by atoms with Crippen LogP contribution in [0, 0.1) is 17.3 Å². The van der Waals surface area contributed by atoms with Crippen LogP contribution in [-0.2, 0) is 14.3 Å². The normalized spacial score (nSPS) is 28.5. The summed E-state index contributed by atoms with van der Waals surface area (Å²) in [7, 11) is 1.78. The van der Waals surface area contributed by atoms with Crippen LogP contribution in [-0.4, -0.2) is 90.7 Å². The Hall–Kier alpha value is -3.01. The van der Waals surface area contributed by atoms with E-state index in [1.54, 1.807) is 19.2 Å². The van der Waals surface area contributed by atoms with E-state index in [0.29, 0.717) is 18.3 Å². The zero-order valence-electron chi connectivity index (χ0n) is 23.9. The molecule has 1 saturated carbocycles. The van der Waals surface area contributed by atoms with E-state index < -0.39 is 12.0 Å². The van der Waals surface area contributed by atoms with Gasteiger partial charge in [0.15, 0.2) is 0 Å². The van der Waals surface area contributed by atoms with Gasteiger partial charge in [0.25, 0.3) is 5.91 Å². The van der Waals surface area contributed by atoms with E-state index >= 15 is 0 Å². The molecule has 1 spiro atoms. The maximum Gasteiger partial charge on any atom is 0.335 e. The average molecular weight is 563 g/mol. The number of nitrogens with one attached hydrogen (secondary N) is 2. The zero-order chi connectivity index (χ0) is 28.6. The van der Waals surface area contributed by atoms with Crippen molar-refractivity contribution in [2.75, 3.05) is 45.2 Å². The Morgan fingerprint density at radius 2 is 1.73 bits per heavy atom. The van der Waals surface area contributed by atoms with Gasteiger partial charge >= 0.3 is 5.97 Å².